The number of amides is 1. The van der Waals surface area contributed by atoms with Crippen molar-refractivity contribution in [1.82, 2.24) is 15.3 Å². The molecule has 138 valence electrons. The van der Waals surface area contributed by atoms with Crippen LogP contribution in [-0.4, -0.2) is 52.0 Å². The summed E-state index contributed by atoms with van der Waals surface area (Å²) < 4.78 is 5.32. The number of carbonyl (C=O) groups is 1. The van der Waals surface area contributed by atoms with Gasteiger partial charge in [-0.2, -0.15) is 0 Å². The molecule has 1 saturated carbocycles. The van der Waals surface area contributed by atoms with Crippen molar-refractivity contribution in [2.45, 2.75) is 70.1 Å². The third-order valence-corrected chi connectivity index (χ3v) is 4.68. The monoisotopic (exact) mass is 348 g/mol. The molecular weight excluding hydrogens is 320 g/mol. The third-order valence-electron chi connectivity index (χ3n) is 4.68. The van der Waals surface area contributed by atoms with E-state index >= 15 is 0 Å². The van der Waals surface area contributed by atoms with Gasteiger partial charge in [-0.15, -0.1) is 0 Å². The molecule has 1 aromatic rings. The molecular formula is C18H28N4O3. The van der Waals surface area contributed by atoms with E-state index in [9.17, 15) is 9.90 Å². The Morgan fingerprint density at radius 1 is 1.32 bits per heavy atom. The maximum atomic E-state index is 11.9. The van der Waals surface area contributed by atoms with Crippen LogP contribution in [0.3, 0.4) is 0 Å². The summed E-state index contributed by atoms with van der Waals surface area (Å²) in [4.78, 5) is 23.1. The first kappa shape index (κ1) is 17.9. The predicted molar refractivity (Wildman–Crippen MR) is 94.6 cm³/mol. The Morgan fingerprint density at radius 2 is 2.00 bits per heavy atom. The SMILES string of the molecule is CC(C)(C)OC(=O)NC1CCN(c2ccnc(C3CC(O)C3)n2)CC1. The summed E-state index contributed by atoms with van der Waals surface area (Å²) in [7, 11) is 0. The molecule has 2 N–H and O–H groups in total. The summed E-state index contributed by atoms with van der Waals surface area (Å²) in [6, 6.07) is 2.06. The second kappa shape index (κ2) is 7.15. The Morgan fingerprint density at radius 3 is 2.60 bits per heavy atom. The van der Waals surface area contributed by atoms with Crippen molar-refractivity contribution in [2.24, 2.45) is 0 Å². The first-order chi connectivity index (χ1) is 11.8. The second-order valence-electron chi connectivity index (χ2n) is 8.00. The molecule has 0 unspecified atom stereocenters. The lowest BCUT2D eigenvalue weighted by molar-refractivity contribution is 0.0497. The van der Waals surface area contributed by atoms with Crippen molar-refractivity contribution in [1.29, 1.82) is 0 Å². The minimum atomic E-state index is -0.475. The van der Waals surface area contributed by atoms with Crippen LogP contribution in [0.25, 0.3) is 0 Å². The molecule has 1 aliphatic heterocycles. The number of piperidine rings is 1. The summed E-state index contributed by atoms with van der Waals surface area (Å²) in [6.07, 6.45) is 4.48. The lowest BCUT2D eigenvalue weighted by Crippen LogP contribution is -2.46. The molecule has 7 nitrogen and oxygen atoms in total. The van der Waals surface area contributed by atoms with Crippen LogP contribution in [0.15, 0.2) is 12.3 Å². The Bertz CT molecular complexity index is 603. The van der Waals surface area contributed by atoms with Gasteiger partial charge in [-0.3, -0.25) is 0 Å². The number of alkyl carbamates (subject to hydrolysis) is 1. The molecule has 2 fully saturated rings. The van der Waals surface area contributed by atoms with E-state index in [4.69, 9.17) is 4.74 Å². The van der Waals surface area contributed by atoms with Crippen molar-refractivity contribution in [3.05, 3.63) is 18.1 Å². The zero-order valence-corrected chi connectivity index (χ0v) is 15.2. The van der Waals surface area contributed by atoms with Gasteiger partial charge < -0.3 is 20.1 Å². The smallest absolute Gasteiger partial charge is 0.407 e. The number of anilines is 1. The fourth-order valence-electron chi connectivity index (χ4n) is 3.26. The molecule has 3 rings (SSSR count). The minimum absolute atomic E-state index is 0.134. The van der Waals surface area contributed by atoms with Crippen LogP contribution < -0.4 is 10.2 Å². The van der Waals surface area contributed by atoms with Crippen molar-refractivity contribution in [3.63, 3.8) is 0 Å². The maximum absolute atomic E-state index is 11.9. The Labute approximate surface area is 148 Å². The first-order valence-corrected chi connectivity index (χ1v) is 9.05. The van der Waals surface area contributed by atoms with Gasteiger partial charge in [0.2, 0.25) is 0 Å². The van der Waals surface area contributed by atoms with Gasteiger partial charge in [-0.25, -0.2) is 14.8 Å². The lowest BCUT2D eigenvalue weighted by Gasteiger charge is -2.34. The minimum Gasteiger partial charge on any atom is -0.444 e. The summed E-state index contributed by atoms with van der Waals surface area (Å²) >= 11 is 0. The number of aromatic nitrogens is 2. The number of ether oxygens (including phenoxy) is 1. The fraction of sp³-hybridized carbons (Fsp3) is 0.722. The van der Waals surface area contributed by atoms with E-state index in [0.29, 0.717) is 0 Å². The fourth-order valence-corrected chi connectivity index (χ4v) is 3.26. The third kappa shape index (κ3) is 4.81. The van der Waals surface area contributed by atoms with E-state index < -0.39 is 5.60 Å². The highest BCUT2D eigenvalue weighted by Gasteiger charge is 2.31. The number of aliphatic hydroxyl groups is 1. The summed E-state index contributed by atoms with van der Waals surface area (Å²) in [5, 5.41) is 12.4. The Balaban J connectivity index is 1.51. The Kier molecular flexibility index (Phi) is 5.13. The predicted octanol–water partition coefficient (Wildman–Crippen LogP) is 2.21. The van der Waals surface area contributed by atoms with E-state index in [2.05, 4.69) is 20.2 Å². The number of aliphatic hydroxyl groups excluding tert-OH is 1. The quantitative estimate of drug-likeness (QED) is 0.871. The molecule has 7 heteroatoms. The highest BCUT2D eigenvalue weighted by atomic mass is 16.6. The van der Waals surface area contributed by atoms with Gasteiger partial charge in [0, 0.05) is 31.2 Å². The van der Waals surface area contributed by atoms with E-state index in [-0.39, 0.29) is 24.2 Å². The molecule has 0 aromatic carbocycles. The van der Waals surface area contributed by atoms with E-state index in [1.165, 1.54) is 0 Å². The zero-order valence-electron chi connectivity index (χ0n) is 15.2. The number of carbonyl (C=O) groups excluding carboxylic acids is 1. The molecule has 1 saturated heterocycles. The van der Waals surface area contributed by atoms with Crippen molar-refractivity contribution in [3.8, 4) is 0 Å². The molecule has 2 heterocycles. The number of hydrogen-bond donors (Lipinski definition) is 2. The van der Waals surface area contributed by atoms with Crippen LogP contribution in [0, 0.1) is 0 Å². The molecule has 25 heavy (non-hydrogen) atoms. The average molecular weight is 348 g/mol. The summed E-state index contributed by atoms with van der Waals surface area (Å²) in [6.45, 7) is 7.27. The first-order valence-electron chi connectivity index (χ1n) is 9.05. The summed E-state index contributed by atoms with van der Waals surface area (Å²) in [5.41, 5.74) is -0.475. The summed E-state index contributed by atoms with van der Waals surface area (Å²) in [5.74, 6) is 2.04. The highest BCUT2D eigenvalue weighted by Crippen LogP contribution is 2.35. The molecule has 2 aliphatic rings. The normalized spacial score (nSPS) is 24.6. The van der Waals surface area contributed by atoms with Crippen molar-refractivity contribution < 1.29 is 14.6 Å². The number of hydrogen-bond acceptors (Lipinski definition) is 6. The molecule has 0 radical (unpaired) electrons. The van der Waals surface area contributed by atoms with Gasteiger partial charge >= 0.3 is 6.09 Å². The number of rotatable bonds is 3. The molecule has 1 aromatic heterocycles. The van der Waals surface area contributed by atoms with Crippen molar-refractivity contribution >= 4 is 11.9 Å². The largest absolute Gasteiger partial charge is 0.444 e. The second-order valence-corrected chi connectivity index (χ2v) is 8.00. The van der Waals surface area contributed by atoms with Crippen LogP contribution in [-0.2, 0) is 4.74 Å². The average Bonchev–Trinajstić information content (AvgIpc) is 2.51. The van der Waals surface area contributed by atoms with Crippen LogP contribution in [0.1, 0.15) is 58.2 Å². The van der Waals surface area contributed by atoms with E-state index in [1.807, 2.05) is 26.8 Å². The van der Waals surface area contributed by atoms with Crippen LogP contribution in [0.2, 0.25) is 0 Å². The van der Waals surface area contributed by atoms with Gasteiger partial charge in [0.1, 0.15) is 17.2 Å². The molecule has 1 amide bonds. The van der Waals surface area contributed by atoms with Crippen molar-refractivity contribution in [2.75, 3.05) is 18.0 Å². The molecule has 1 aliphatic carbocycles. The topological polar surface area (TPSA) is 87.6 Å². The van der Waals surface area contributed by atoms with Gasteiger partial charge in [0.25, 0.3) is 0 Å². The van der Waals surface area contributed by atoms with Gasteiger partial charge in [-0.05, 0) is 52.5 Å². The highest BCUT2D eigenvalue weighted by molar-refractivity contribution is 5.68. The molecule has 0 atom stereocenters. The maximum Gasteiger partial charge on any atom is 0.407 e. The number of nitrogens with zero attached hydrogens (tertiary/aromatic N) is 3. The molecule has 0 spiro atoms. The van der Waals surface area contributed by atoms with Gasteiger partial charge in [0.15, 0.2) is 0 Å². The zero-order chi connectivity index (χ0) is 18.0. The van der Waals surface area contributed by atoms with Crippen LogP contribution in [0.4, 0.5) is 10.6 Å². The van der Waals surface area contributed by atoms with E-state index in [0.717, 1.165) is 50.4 Å². The van der Waals surface area contributed by atoms with Gasteiger partial charge in [0.05, 0.1) is 6.10 Å². The lowest BCUT2D eigenvalue weighted by atomic mass is 9.82. The van der Waals surface area contributed by atoms with Gasteiger partial charge in [-0.1, -0.05) is 0 Å². The number of nitrogens with one attached hydrogen (secondary N) is 1. The Hall–Kier alpha value is -1.89. The standard InChI is InChI=1S/C18H28N4O3/c1-18(2,3)25-17(24)20-13-5-8-22(9-6-13)15-4-7-19-16(21-15)12-10-14(23)11-12/h4,7,12-14,23H,5-6,8-11H2,1-3H3,(H,20,24). The van der Waals surface area contributed by atoms with E-state index in [1.54, 1.807) is 6.20 Å². The molecule has 0 bridgehead atoms. The van der Waals surface area contributed by atoms with Crippen LogP contribution >= 0.6 is 0 Å². The van der Waals surface area contributed by atoms with Crippen LogP contribution in [0.5, 0.6) is 0 Å².